The molecule has 0 atom stereocenters. The molecular formula is C16H16Cl2N6S. The summed E-state index contributed by atoms with van der Waals surface area (Å²) in [6.45, 7) is 1.77. The highest BCUT2D eigenvalue weighted by Gasteiger charge is 2.21. The van der Waals surface area contributed by atoms with Crippen LogP contribution in [-0.4, -0.2) is 38.7 Å². The van der Waals surface area contributed by atoms with Gasteiger partial charge >= 0.3 is 0 Å². The van der Waals surface area contributed by atoms with E-state index in [0.717, 1.165) is 47.3 Å². The first-order chi connectivity index (χ1) is 12.1. The number of benzene rings is 1. The third kappa shape index (κ3) is 3.29. The fourth-order valence-electron chi connectivity index (χ4n) is 2.87. The molecule has 0 amide bonds. The van der Waals surface area contributed by atoms with Crippen LogP contribution in [0.3, 0.4) is 0 Å². The molecule has 0 aliphatic carbocycles. The highest BCUT2D eigenvalue weighted by Crippen LogP contribution is 2.38. The fourth-order valence-corrected chi connectivity index (χ4v) is 4.26. The molecule has 0 spiro atoms. The van der Waals surface area contributed by atoms with E-state index >= 15 is 0 Å². The van der Waals surface area contributed by atoms with Crippen LogP contribution in [0.1, 0.15) is 12.8 Å². The second-order valence-electron chi connectivity index (χ2n) is 5.93. The lowest BCUT2D eigenvalue weighted by atomic mass is 10.1. The predicted molar refractivity (Wildman–Crippen MR) is 101 cm³/mol. The number of hydrogen-bond donors (Lipinski definition) is 1. The van der Waals surface area contributed by atoms with Gasteiger partial charge in [0.05, 0.1) is 14.9 Å². The summed E-state index contributed by atoms with van der Waals surface area (Å²) in [6, 6.07) is 5.83. The summed E-state index contributed by atoms with van der Waals surface area (Å²) in [6.07, 6.45) is 5.42. The number of halogens is 2. The zero-order chi connectivity index (χ0) is 17.4. The van der Waals surface area contributed by atoms with Gasteiger partial charge in [-0.05, 0) is 25.0 Å². The van der Waals surface area contributed by atoms with Gasteiger partial charge in [0, 0.05) is 30.2 Å². The third-order valence-electron chi connectivity index (χ3n) is 4.24. The number of nitrogens with two attached hydrogens (primary N) is 1. The molecule has 6 nitrogen and oxygen atoms in total. The van der Waals surface area contributed by atoms with E-state index in [9.17, 15) is 0 Å². The lowest BCUT2D eigenvalue weighted by Gasteiger charge is -2.31. The molecule has 2 N–H and O–H groups in total. The first-order valence-corrected chi connectivity index (χ1v) is 9.52. The molecule has 1 aliphatic rings. The number of hydrogen-bond acceptors (Lipinski definition) is 6. The summed E-state index contributed by atoms with van der Waals surface area (Å²) in [7, 11) is 0. The van der Waals surface area contributed by atoms with Crippen LogP contribution < -0.4 is 10.6 Å². The van der Waals surface area contributed by atoms with Crippen molar-refractivity contribution < 1.29 is 0 Å². The van der Waals surface area contributed by atoms with E-state index < -0.39 is 0 Å². The topological polar surface area (TPSA) is 72.3 Å². The van der Waals surface area contributed by atoms with Crippen molar-refractivity contribution in [2.24, 2.45) is 5.73 Å². The number of rotatable bonds is 3. The lowest BCUT2D eigenvalue weighted by Crippen LogP contribution is -2.40. The summed E-state index contributed by atoms with van der Waals surface area (Å²) >= 11 is 13.9. The van der Waals surface area contributed by atoms with E-state index in [1.807, 2.05) is 22.7 Å². The molecule has 4 rings (SSSR count). The van der Waals surface area contributed by atoms with Gasteiger partial charge in [0.15, 0.2) is 5.65 Å². The summed E-state index contributed by atoms with van der Waals surface area (Å²) in [4.78, 5) is 8.60. The minimum atomic E-state index is 0.271. The maximum absolute atomic E-state index is 6.30. The Morgan fingerprint density at radius 1 is 1.16 bits per heavy atom. The molecule has 3 aromatic rings. The molecule has 2 aromatic heterocycles. The van der Waals surface area contributed by atoms with Crippen LogP contribution in [0.25, 0.3) is 5.65 Å². The smallest absolute Gasteiger partial charge is 0.212 e. The van der Waals surface area contributed by atoms with Crippen LogP contribution in [0.15, 0.2) is 40.5 Å². The Hall–Kier alpha value is -1.54. The van der Waals surface area contributed by atoms with Crippen molar-refractivity contribution in [2.45, 2.75) is 28.7 Å². The standard InChI is InChI=1S/C16H16Cl2N6S/c17-11-2-1-3-12(14(11)18)25-13-8-20-16(24-9-21-22-15(13)24)23-6-4-10(19)5-7-23/h1-3,8-10H,4-7,19H2. The molecule has 9 heteroatoms. The van der Waals surface area contributed by atoms with Gasteiger partial charge in [-0.25, -0.2) is 9.38 Å². The molecule has 1 aromatic carbocycles. The Bertz CT molecular complexity index is 907. The number of aromatic nitrogens is 4. The third-order valence-corrected chi connectivity index (χ3v) is 6.24. The van der Waals surface area contributed by atoms with Gasteiger partial charge in [0.2, 0.25) is 5.95 Å². The number of nitrogens with zero attached hydrogens (tertiary/aromatic N) is 5. The van der Waals surface area contributed by atoms with Crippen molar-refractivity contribution in [3.63, 3.8) is 0 Å². The van der Waals surface area contributed by atoms with E-state index in [-0.39, 0.29) is 6.04 Å². The molecule has 0 bridgehead atoms. The van der Waals surface area contributed by atoms with Crippen LogP contribution >= 0.6 is 35.0 Å². The number of piperidine rings is 1. The van der Waals surface area contributed by atoms with Gasteiger partial charge in [-0.15, -0.1) is 10.2 Å². The summed E-state index contributed by atoms with van der Waals surface area (Å²) in [5.41, 5.74) is 6.75. The maximum Gasteiger partial charge on any atom is 0.212 e. The first kappa shape index (κ1) is 16.9. The van der Waals surface area contributed by atoms with Crippen molar-refractivity contribution >= 4 is 46.6 Å². The van der Waals surface area contributed by atoms with Crippen LogP contribution in [0.5, 0.6) is 0 Å². The average Bonchev–Trinajstić information content (AvgIpc) is 3.10. The quantitative estimate of drug-likeness (QED) is 0.732. The van der Waals surface area contributed by atoms with Crippen LogP contribution in [-0.2, 0) is 0 Å². The Morgan fingerprint density at radius 2 is 1.96 bits per heavy atom. The SMILES string of the molecule is NC1CCN(c2ncc(Sc3cccc(Cl)c3Cl)c3nncn23)CC1. The zero-order valence-electron chi connectivity index (χ0n) is 13.3. The van der Waals surface area contributed by atoms with Gasteiger partial charge in [-0.1, -0.05) is 41.0 Å². The molecule has 1 fully saturated rings. The molecule has 0 radical (unpaired) electrons. The van der Waals surface area contributed by atoms with E-state index in [4.69, 9.17) is 28.9 Å². The Kier molecular flexibility index (Phi) is 4.73. The molecule has 1 aliphatic heterocycles. The van der Waals surface area contributed by atoms with E-state index in [2.05, 4.69) is 20.1 Å². The van der Waals surface area contributed by atoms with Crippen LogP contribution in [0.2, 0.25) is 10.0 Å². The minimum absolute atomic E-state index is 0.271. The normalized spacial score (nSPS) is 15.9. The first-order valence-electron chi connectivity index (χ1n) is 7.94. The monoisotopic (exact) mass is 394 g/mol. The van der Waals surface area contributed by atoms with Gasteiger partial charge in [0.1, 0.15) is 6.33 Å². The van der Waals surface area contributed by atoms with E-state index in [1.54, 1.807) is 12.4 Å². The summed E-state index contributed by atoms with van der Waals surface area (Å²) in [5.74, 6) is 0.841. The molecule has 130 valence electrons. The molecular weight excluding hydrogens is 379 g/mol. The highest BCUT2D eigenvalue weighted by atomic mass is 35.5. The molecule has 25 heavy (non-hydrogen) atoms. The Balaban J connectivity index is 1.69. The van der Waals surface area contributed by atoms with Gasteiger partial charge in [-0.2, -0.15) is 0 Å². The molecule has 0 unspecified atom stereocenters. The second kappa shape index (κ2) is 6.99. The minimum Gasteiger partial charge on any atom is -0.342 e. The van der Waals surface area contributed by atoms with E-state index in [0.29, 0.717) is 10.0 Å². The van der Waals surface area contributed by atoms with Crippen molar-refractivity contribution in [3.8, 4) is 0 Å². The average molecular weight is 395 g/mol. The molecule has 1 saturated heterocycles. The number of anilines is 1. The maximum atomic E-state index is 6.30. The molecule has 3 heterocycles. The molecule has 0 saturated carbocycles. The van der Waals surface area contributed by atoms with Crippen LogP contribution in [0, 0.1) is 0 Å². The fraction of sp³-hybridized carbons (Fsp3) is 0.312. The van der Waals surface area contributed by atoms with Gasteiger partial charge in [0.25, 0.3) is 0 Å². The summed E-state index contributed by atoms with van der Waals surface area (Å²) < 4.78 is 1.91. The lowest BCUT2D eigenvalue weighted by molar-refractivity contribution is 0.494. The second-order valence-corrected chi connectivity index (χ2v) is 7.79. The van der Waals surface area contributed by atoms with Gasteiger partial charge < -0.3 is 10.6 Å². The largest absolute Gasteiger partial charge is 0.342 e. The highest BCUT2D eigenvalue weighted by molar-refractivity contribution is 7.99. The Morgan fingerprint density at radius 3 is 2.76 bits per heavy atom. The van der Waals surface area contributed by atoms with Crippen molar-refractivity contribution in [1.82, 2.24) is 19.6 Å². The van der Waals surface area contributed by atoms with Gasteiger partial charge in [-0.3, -0.25) is 0 Å². The van der Waals surface area contributed by atoms with Crippen molar-refractivity contribution in [2.75, 3.05) is 18.0 Å². The predicted octanol–water partition coefficient (Wildman–Crippen LogP) is 3.51. The Labute approximate surface area is 159 Å². The van der Waals surface area contributed by atoms with Crippen molar-refractivity contribution in [3.05, 3.63) is 40.8 Å². The zero-order valence-corrected chi connectivity index (χ0v) is 15.6. The van der Waals surface area contributed by atoms with E-state index in [1.165, 1.54) is 11.8 Å². The van der Waals surface area contributed by atoms with Crippen molar-refractivity contribution in [1.29, 1.82) is 0 Å². The van der Waals surface area contributed by atoms with Crippen LogP contribution in [0.4, 0.5) is 5.95 Å². The summed E-state index contributed by atoms with van der Waals surface area (Å²) in [5, 5.41) is 9.38. The number of fused-ring (bicyclic) bond motifs is 1.